The maximum atomic E-state index is 13.8. The minimum absolute atomic E-state index is 0.203. The van der Waals surface area contributed by atoms with Crippen molar-refractivity contribution in [3.05, 3.63) is 55.6 Å². The number of nitrogens with zero attached hydrogens (tertiary/aromatic N) is 1. The van der Waals surface area contributed by atoms with Gasteiger partial charge in [-0.3, -0.25) is 0 Å². The van der Waals surface area contributed by atoms with Gasteiger partial charge in [0.2, 0.25) is 0 Å². The average molecular weight is 407 g/mol. The number of hydrogen-bond acceptors (Lipinski definition) is 6. The van der Waals surface area contributed by atoms with Gasteiger partial charge in [-0.1, -0.05) is 17.7 Å². The van der Waals surface area contributed by atoms with Crippen LogP contribution in [0.1, 0.15) is 16.8 Å². The van der Waals surface area contributed by atoms with Gasteiger partial charge < -0.3 is 21.5 Å². The Bertz CT molecular complexity index is 1140. The number of hydrogen-bond donors (Lipinski definition) is 3. The van der Waals surface area contributed by atoms with Gasteiger partial charge in [-0.2, -0.15) is 0 Å². The van der Waals surface area contributed by atoms with Gasteiger partial charge in [0.05, 0.1) is 22.4 Å². The van der Waals surface area contributed by atoms with Crippen molar-refractivity contribution in [2.45, 2.75) is 20.4 Å². The lowest BCUT2D eigenvalue weighted by atomic mass is 10.1. The molecule has 0 atom stereocenters. The maximum Gasteiger partial charge on any atom is 0.165 e. The van der Waals surface area contributed by atoms with E-state index in [1.165, 1.54) is 30.7 Å². The minimum Gasteiger partial charge on any atom is -0.494 e. The van der Waals surface area contributed by atoms with Crippen molar-refractivity contribution in [2.24, 2.45) is 11.5 Å². The summed E-state index contributed by atoms with van der Waals surface area (Å²) in [6, 6.07) is 4.77. The van der Waals surface area contributed by atoms with E-state index in [-0.39, 0.29) is 5.75 Å². The SMILES string of the molecule is COc1ccc(CN/C(N)=c2\sc3nc(C)c(Cl)c(C)c3\c2=C\N)cc1F. The average Bonchev–Trinajstić information content (AvgIpc) is 3.02. The first-order chi connectivity index (χ1) is 12.9. The lowest BCUT2D eigenvalue weighted by Gasteiger charge is -2.08. The molecule has 0 spiro atoms. The molecule has 0 aliphatic heterocycles. The number of rotatable bonds is 4. The lowest BCUT2D eigenvalue weighted by Crippen LogP contribution is -2.33. The molecule has 0 saturated heterocycles. The number of ether oxygens (including phenoxy) is 1. The Balaban J connectivity index is 2.04. The fourth-order valence-corrected chi connectivity index (χ4v) is 4.25. The molecule has 27 heavy (non-hydrogen) atoms. The van der Waals surface area contributed by atoms with Crippen LogP contribution in [0.4, 0.5) is 4.39 Å². The van der Waals surface area contributed by atoms with Crippen molar-refractivity contribution in [1.29, 1.82) is 0 Å². The Labute approximate surface area is 165 Å². The highest BCUT2D eigenvalue weighted by Crippen LogP contribution is 2.25. The molecule has 2 aromatic heterocycles. The third-order valence-corrected chi connectivity index (χ3v) is 6.02. The molecule has 2 heterocycles. The van der Waals surface area contributed by atoms with Gasteiger partial charge >= 0.3 is 0 Å². The number of aryl methyl sites for hydroxylation is 2. The van der Waals surface area contributed by atoms with Crippen LogP contribution >= 0.6 is 22.9 Å². The van der Waals surface area contributed by atoms with Crippen LogP contribution in [0.2, 0.25) is 5.02 Å². The molecule has 0 amide bonds. The first-order valence-corrected chi connectivity index (χ1v) is 9.40. The molecule has 8 heteroatoms. The van der Waals surface area contributed by atoms with Gasteiger partial charge in [0.1, 0.15) is 10.7 Å². The van der Waals surface area contributed by atoms with Crippen molar-refractivity contribution in [1.82, 2.24) is 10.3 Å². The highest BCUT2D eigenvalue weighted by Gasteiger charge is 2.13. The first-order valence-electron chi connectivity index (χ1n) is 8.20. The number of fused-ring (bicyclic) bond motifs is 1. The second-order valence-corrected chi connectivity index (χ2v) is 7.44. The van der Waals surface area contributed by atoms with Crippen molar-refractivity contribution in [3.63, 3.8) is 0 Å². The smallest absolute Gasteiger partial charge is 0.165 e. The Morgan fingerprint density at radius 3 is 2.78 bits per heavy atom. The number of nitrogens with two attached hydrogens (primary N) is 2. The third kappa shape index (κ3) is 3.52. The van der Waals surface area contributed by atoms with Crippen LogP contribution in [-0.4, -0.2) is 12.1 Å². The largest absolute Gasteiger partial charge is 0.494 e. The third-order valence-electron chi connectivity index (χ3n) is 4.33. The molecule has 0 fully saturated rings. The second kappa shape index (κ2) is 7.62. The number of benzene rings is 1. The van der Waals surface area contributed by atoms with Crippen LogP contribution in [0, 0.1) is 19.7 Å². The number of thiophene rings is 1. The molecule has 0 aliphatic rings. The molecule has 0 saturated carbocycles. The van der Waals surface area contributed by atoms with Crippen molar-refractivity contribution in [2.75, 3.05) is 7.11 Å². The summed E-state index contributed by atoms with van der Waals surface area (Å²) in [5, 5.41) is 5.43. The minimum atomic E-state index is -0.418. The molecule has 5 N–H and O–H groups in total. The summed E-state index contributed by atoms with van der Waals surface area (Å²) in [5.41, 5.74) is 14.6. The highest BCUT2D eigenvalue weighted by molar-refractivity contribution is 7.16. The lowest BCUT2D eigenvalue weighted by molar-refractivity contribution is 0.386. The topological polar surface area (TPSA) is 86.2 Å². The van der Waals surface area contributed by atoms with Crippen molar-refractivity contribution < 1.29 is 9.13 Å². The van der Waals surface area contributed by atoms with Gasteiger partial charge in [-0.15, -0.1) is 11.3 Å². The Hall–Kier alpha value is -2.51. The van der Waals surface area contributed by atoms with Crippen LogP contribution in [-0.2, 0) is 6.54 Å². The molecule has 5 nitrogen and oxygen atoms in total. The number of halogens is 2. The van der Waals surface area contributed by atoms with Gasteiger partial charge in [0.15, 0.2) is 11.6 Å². The summed E-state index contributed by atoms with van der Waals surface area (Å²) in [4.78, 5) is 5.37. The Kier molecular flexibility index (Phi) is 5.43. The van der Waals surface area contributed by atoms with Gasteiger partial charge in [-0.25, -0.2) is 9.37 Å². The van der Waals surface area contributed by atoms with E-state index in [0.29, 0.717) is 17.4 Å². The van der Waals surface area contributed by atoms with Crippen LogP contribution in [0.25, 0.3) is 22.2 Å². The summed E-state index contributed by atoms with van der Waals surface area (Å²) in [6.45, 7) is 4.16. The molecule has 142 valence electrons. The molecule has 3 aromatic rings. The molecule has 0 bridgehead atoms. The predicted octanol–water partition coefficient (Wildman–Crippen LogP) is 2.23. The molecule has 0 radical (unpaired) electrons. The van der Waals surface area contributed by atoms with Crippen LogP contribution in [0.5, 0.6) is 5.75 Å². The molecular formula is C19H20ClFN4OS. The zero-order chi connectivity index (χ0) is 19.7. The molecular weight excluding hydrogens is 387 g/mol. The highest BCUT2D eigenvalue weighted by atomic mass is 35.5. The van der Waals surface area contributed by atoms with Crippen LogP contribution < -0.4 is 31.3 Å². The summed E-state index contributed by atoms with van der Waals surface area (Å²) in [6.07, 6.45) is 1.51. The standard InChI is InChI=1S/C19H20ClFN4OS/c1-9-15-12(7-22)17(27-19(15)25-10(2)16(9)20)18(23)24-8-11-4-5-14(26-3)13(21)6-11/h4-7,24H,8,22-23H2,1-3H3/b12-7-,18-17-. The predicted molar refractivity (Wildman–Crippen MR) is 109 cm³/mol. The van der Waals surface area contributed by atoms with Gasteiger partial charge in [0, 0.05) is 23.3 Å². The second-order valence-electron chi connectivity index (χ2n) is 6.06. The molecule has 3 rings (SSSR count). The zero-order valence-corrected chi connectivity index (χ0v) is 16.8. The van der Waals surface area contributed by atoms with Crippen LogP contribution in [0.3, 0.4) is 0 Å². The molecule has 0 unspecified atom stereocenters. The summed E-state index contributed by atoms with van der Waals surface area (Å²) in [7, 11) is 1.43. The number of methoxy groups -OCH3 is 1. The maximum absolute atomic E-state index is 13.8. The first kappa shape index (κ1) is 19.3. The van der Waals surface area contributed by atoms with E-state index in [1.807, 2.05) is 13.8 Å². The van der Waals surface area contributed by atoms with Crippen molar-refractivity contribution in [3.8, 4) is 5.75 Å². The fourth-order valence-electron chi connectivity index (χ4n) is 2.91. The van der Waals surface area contributed by atoms with E-state index >= 15 is 0 Å². The molecule has 1 aromatic carbocycles. The van der Waals surface area contributed by atoms with E-state index < -0.39 is 5.82 Å². The zero-order valence-electron chi connectivity index (χ0n) is 15.2. The van der Waals surface area contributed by atoms with E-state index in [4.69, 9.17) is 27.8 Å². The number of nitrogens with one attached hydrogen (secondary N) is 1. The quantitative estimate of drug-likeness (QED) is 0.618. The summed E-state index contributed by atoms with van der Waals surface area (Å²) < 4.78 is 19.6. The van der Waals surface area contributed by atoms with E-state index in [2.05, 4.69) is 10.3 Å². The molecule has 0 aliphatic carbocycles. The van der Waals surface area contributed by atoms with E-state index in [0.717, 1.165) is 36.8 Å². The van der Waals surface area contributed by atoms with Crippen molar-refractivity contribution >= 4 is 45.2 Å². The van der Waals surface area contributed by atoms with Crippen LogP contribution in [0.15, 0.2) is 18.2 Å². The summed E-state index contributed by atoms with van der Waals surface area (Å²) >= 11 is 7.78. The Morgan fingerprint density at radius 1 is 1.41 bits per heavy atom. The van der Waals surface area contributed by atoms with E-state index in [1.54, 1.807) is 12.1 Å². The Morgan fingerprint density at radius 2 is 2.15 bits per heavy atom. The number of aromatic nitrogens is 1. The van der Waals surface area contributed by atoms with Gasteiger partial charge in [0.25, 0.3) is 0 Å². The fraction of sp³-hybridized carbons (Fsp3) is 0.211. The summed E-state index contributed by atoms with van der Waals surface area (Å²) in [5.74, 6) is 0.228. The number of pyridine rings is 1. The van der Waals surface area contributed by atoms with Gasteiger partial charge in [-0.05, 0) is 37.1 Å². The van der Waals surface area contributed by atoms with E-state index in [9.17, 15) is 4.39 Å². The monoisotopic (exact) mass is 406 g/mol. The normalized spacial score (nSPS) is 13.1.